The third-order valence-corrected chi connectivity index (χ3v) is 2.09. The van der Waals surface area contributed by atoms with Crippen molar-refractivity contribution in [1.29, 1.82) is 0 Å². The number of nitrogens with zero attached hydrogens (tertiary/aromatic N) is 1. The summed E-state index contributed by atoms with van der Waals surface area (Å²) in [4.78, 5) is 16.1. The molecule has 1 rings (SSSR count). The Balaban J connectivity index is 2.47. The summed E-state index contributed by atoms with van der Waals surface area (Å²) in [5.41, 5.74) is 2.10. The number of hydroxylamine groups is 2. The van der Waals surface area contributed by atoms with Crippen LogP contribution in [0.3, 0.4) is 0 Å². The molecular weight excluding hydrogens is 192 g/mol. The molecule has 0 aliphatic heterocycles. The topological polar surface area (TPSA) is 41.6 Å². The third kappa shape index (κ3) is 3.59. The lowest BCUT2D eigenvalue weighted by Crippen LogP contribution is -2.31. The molecule has 0 bridgehead atoms. The molecule has 0 spiro atoms. The highest BCUT2D eigenvalue weighted by Gasteiger charge is 2.06. The standard InChI is InChI=1S/C11H16N2O2/c1-9-5-4-6-10(7-9)12-8-11(14)13(2)15-3/h4-7,12H,8H2,1-3H3. The number of hydrogen-bond acceptors (Lipinski definition) is 3. The number of carbonyl (C=O) groups is 1. The second-order valence-electron chi connectivity index (χ2n) is 3.30. The maximum Gasteiger partial charge on any atom is 0.265 e. The molecule has 0 atom stereocenters. The van der Waals surface area contributed by atoms with Gasteiger partial charge in [0, 0.05) is 12.7 Å². The van der Waals surface area contributed by atoms with Crippen LogP contribution < -0.4 is 5.32 Å². The van der Waals surface area contributed by atoms with Crippen molar-refractivity contribution >= 4 is 11.6 Å². The van der Waals surface area contributed by atoms with Gasteiger partial charge in [0.15, 0.2) is 0 Å². The van der Waals surface area contributed by atoms with Gasteiger partial charge in [0.1, 0.15) is 0 Å². The minimum Gasteiger partial charge on any atom is -0.376 e. The number of rotatable bonds is 4. The lowest BCUT2D eigenvalue weighted by Gasteiger charge is -2.14. The molecule has 0 fully saturated rings. The second kappa shape index (κ2) is 5.36. The predicted molar refractivity (Wildman–Crippen MR) is 59.4 cm³/mol. The number of hydrogen-bond donors (Lipinski definition) is 1. The lowest BCUT2D eigenvalue weighted by atomic mass is 10.2. The first kappa shape index (κ1) is 11.5. The van der Waals surface area contributed by atoms with Crippen molar-refractivity contribution in [2.45, 2.75) is 6.92 Å². The quantitative estimate of drug-likeness (QED) is 0.761. The SMILES string of the molecule is CON(C)C(=O)CNc1cccc(C)c1. The van der Waals surface area contributed by atoms with Gasteiger partial charge in [-0.1, -0.05) is 12.1 Å². The summed E-state index contributed by atoms with van der Waals surface area (Å²) in [5.74, 6) is -0.112. The number of likely N-dealkylation sites (N-methyl/N-ethyl adjacent to an activating group) is 1. The predicted octanol–water partition coefficient (Wildman–Crippen LogP) is 1.43. The Bertz CT molecular complexity index is 339. The van der Waals surface area contributed by atoms with Crippen LogP contribution in [-0.4, -0.2) is 31.7 Å². The normalized spacial score (nSPS) is 9.80. The number of amides is 1. The van der Waals surface area contributed by atoms with Gasteiger partial charge < -0.3 is 5.32 Å². The van der Waals surface area contributed by atoms with Gasteiger partial charge in [0.05, 0.1) is 13.7 Å². The number of nitrogens with one attached hydrogen (secondary N) is 1. The summed E-state index contributed by atoms with van der Waals surface area (Å²) in [6, 6.07) is 7.86. The average molecular weight is 208 g/mol. The van der Waals surface area contributed by atoms with Crippen LogP contribution in [-0.2, 0) is 9.63 Å². The van der Waals surface area contributed by atoms with Gasteiger partial charge in [-0.2, -0.15) is 0 Å². The van der Waals surface area contributed by atoms with E-state index in [1.54, 1.807) is 7.05 Å². The van der Waals surface area contributed by atoms with E-state index < -0.39 is 0 Å². The van der Waals surface area contributed by atoms with Crippen LogP contribution in [0.25, 0.3) is 0 Å². The van der Waals surface area contributed by atoms with Gasteiger partial charge in [0.2, 0.25) is 0 Å². The zero-order valence-electron chi connectivity index (χ0n) is 9.28. The summed E-state index contributed by atoms with van der Waals surface area (Å²) in [6.45, 7) is 2.24. The molecule has 1 N–H and O–H groups in total. The van der Waals surface area contributed by atoms with E-state index in [4.69, 9.17) is 4.84 Å². The van der Waals surface area contributed by atoms with Crippen molar-refractivity contribution < 1.29 is 9.63 Å². The zero-order chi connectivity index (χ0) is 11.3. The van der Waals surface area contributed by atoms with E-state index in [9.17, 15) is 4.79 Å². The van der Waals surface area contributed by atoms with E-state index in [0.717, 1.165) is 11.3 Å². The fraction of sp³-hybridized carbons (Fsp3) is 0.364. The Hall–Kier alpha value is -1.55. The highest BCUT2D eigenvalue weighted by atomic mass is 16.7. The maximum absolute atomic E-state index is 11.4. The molecule has 4 nitrogen and oxygen atoms in total. The summed E-state index contributed by atoms with van der Waals surface area (Å²) in [7, 11) is 3.05. The maximum atomic E-state index is 11.4. The van der Waals surface area contributed by atoms with E-state index in [-0.39, 0.29) is 12.5 Å². The van der Waals surface area contributed by atoms with Crippen LogP contribution in [0.2, 0.25) is 0 Å². The highest BCUT2D eigenvalue weighted by molar-refractivity contribution is 5.79. The number of aryl methyl sites for hydroxylation is 1. The Morgan fingerprint density at radius 1 is 1.53 bits per heavy atom. The highest BCUT2D eigenvalue weighted by Crippen LogP contribution is 2.08. The van der Waals surface area contributed by atoms with Crippen LogP contribution in [0, 0.1) is 6.92 Å². The van der Waals surface area contributed by atoms with Crippen molar-refractivity contribution in [3.8, 4) is 0 Å². The molecule has 4 heteroatoms. The van der Waals surface area contributed by atoms with Crippen molar-refractivity contribution in [3.63, 3.8) is 0 Å². The van der Waals surface area contributed by atoms with Crippen LogP contribution in [0.4, 0.5) is 5.69 Å². The Morgan fingerprint density at radius 3 is 2.87 bits per heavy atom. The first-order valence-electron chi connectivity index (χ1n) is 4.74. The second-order valence-corrected chi connectivity index (χ2v) is 3.30. The van der Waals surface area contributed by atoms with E-state index in [1.165, 1.54) is 12.2 Å². The summed E-state index contributed by atoms with van der Waals surface area (Å²) < 4.78 is 0. The molecule has 0 unspecified atom stereocenters. The van der Waals surface area contributed by atoms with Gasteiger partial charge in [-0.15, -0.1) is 0 Å². The van der Waals surface area contributed by atoms with Crippen molar-refractivity contribution in [2.75, 3.05) is 26.0 Å². The molecule has 15 heavy (non-hydrogen) atoms. The molecule has 0 radical (unpaired) electrons. The first-order valence-corrected chi connectivity index (χ1v) is 4.74. The monoisotopic (exact) mass is 208 g/mol. The minimum absolute atomic E-state index is 0.112. The molecule has 1 amide bonds. The average Bonchev–Trinajstić information content (AvgIpc) is 2.25. The molecular formula is C11H16N2O2. The molecule has 0 aromatic heterocycles. The number of anilines is 1. The molecule has 0 aliphatic rings. The van der Waals surface area contributed by atoms with E-state index in [1.807, 2.05) is 31.2 Å². The van der Waals surface area contributed by atoms with Crippen molar-refractivity contribution in [3.05, 3.63) is 29.8 Å². The molecule has 1 aromatic rings. The molecule has 1 aromatic carbocycles. The number of carbonyl (C=O) groups excluding carboxylic acids is 1. The fourth-order valence-corrected chi connectivity index (χ4v) is 1.15. The Morgan fingerprint density at radius 2 is 2.27 bits per heavy atom. The van der Waals surface area contributed by atoms with Gasteiger partial charge >= 0.3 is 0 Å². The Kier molecular flexibility index (Phi) is 4.12. The van der Waals surface area contributed by atoms with Gasteiger partial charge in [-0.25, -0.2) is 5.06 Å². The largest absolute Gasteiger partial charge is 0.376 e. The molecule has 0 saturated carbocycles. The zero-order valence-corrected chi connectivity index (χ0v) is 9.28. The van der Waals surface area contributed by atoms with E-state index in [2.05, 4.69) is 5.32 Å². The molecule has 0 heterocycles. The van der Waals surface area contributed by atoms with E-state index >= 15 is 0 Å². The molecule has 0 aliphatic carbocycles. The van der Waals surface area contributed by atoms with Gasteiger partial charge in [-0.05, 0) is 24.6 Å². The summed E-state index contributed by atoms with van der Waals surface area (Å²) in [5, 5.41) is 4.23. The smallest absolute Gasteiger partial charge is 0.265 e. The first-order chi connectivity index (χ1) is 7.13. The van der Waals surface area contributed by atoms with Crippen molar-refractivity contribution in [1.82, 2.24) is 5.06 Å². The summed E-state index contributed by atoms with van der Waals surface area (Å²) in [6.07, 6.45) is 0. The third-order valence-electron chi connectivity index (χ3n) is 2.09. The van der Waals surface area contributed by atoms with Crippen LogP contribution in [0.5, 0.6) is 0 Å². The molecule has 82 valence electrons. The minimum atomic E-state index is -0.112. The van der Waals surface area contributed by atoms with Crippen molar-refractivity contribution in [2.24, 2.45) is 0 Å². The van der Waals surface area contributed by atoms with Gasteiger partial charge in [-0.3, -0.25) is 9.63 Å². The van der Waals surface area contributed by atoms with Crippen LogP contribution in [0.15, 0.2) is 24.3 Å². The lowest BCUT2D eigenvalue weighted by molar-refractivity contribution is -0.166. The number of benzene rings is 1. The molecule has 0 saturated heterocycles. The van der Waals surface area contributed by atoms with E-state index in [0.29, 0.717) is 0 Å². The summed E-state index contributed by atoms with van der Waals surface area (Å²) >= 11 is 0. The fourth-order valence-electron chi connectivity index (χ4n) is 1.15. The Labute approximate surface area is 89.8 Å². The van der Waals surface area contributed by atoms with Crippen LogP contribution in [0.1, 0.15) is 5.56 Å². The van der Waals surface area contributed by atoms with Crippen LogP contribution >= 0.6 is 0 Å². The van der Waals surface area contributed by atoms with Gasteiger partial charge in [0.25, 0.3) is 5.91 Å².